The number of methoxy groups -OCH3 is 3. The standard InChI is InChI=1S/C19H24N2O4/c1-13-12-15(23-2)8-9-16(13)21-19(22)20-11-10-14-6-5-7-17(24-3)18(14)25-4/h5-9,12H,10-11H2,1-4H3,(H2,20,21,22). The lowest BCUT2D eigenvalue weighted by molar-refractivity contribution is 0.252. The van der Waals surface area contributed by atoms with Crippen molar-refractivity contribution in [3.8, 4) is 17.2 Å². The molecule has 2 N–H and O–H groups in total. The van der Waals surface area contributed by atoms with Gasteiger partial charge in [-0.1, -0.05) is 12.1 Å². The highest BCUT2D eigenvalue weighted by Gasteiger charge is 2.10. The van der Waals surface area contributed by atoms with Crippen LogP contribution in [0.15, 0.2) is 36.4 Å². The third kappa shape index (κ3) is 4.79. The molecular formula is C19H24N2O4. The minimum absolute atomic E-state index is 0.255. The maximum atomic E-state index is 12.1. The summed E-state index contributed by atoms with van der Waals surface area (Å²) < 4.78 is 15.8. The molecule has 0 bridgehead atoms. The van der Waals surface area contributed by atoms with Gasteiger partial charge in [0.05, 0.1) is 21.3 Å². The molecule has 0 aliphatic heterocycles. The van der Waals surface area contributed by atoms with Gasteiger partial charge >= 0.3 is 6.03 Å². The van der Waals surface area contributed by atoms with Crippen molar-refractivity contribution in [2.75, 3.05) is 33.2 Å². The van der Waals surface area contributed by atoms with E-state index in [0.717, 1.165) is 22.6 Å². The van der Waals surface area contributed by atoms with E-state index in [2.05, 4.69) is 10.6 Å². The van der Waals surface area contributed by atoms with Gasteiger partial charge in [0.15, 0.2) is 11.5 Å². The lowest BCUT2D eigenvalue weighted by Gasteiger charge is -2.13. The van der Waals surface area contributed by atoms with Crippen molar-refractivity contribution < 1.29 is 19.0 Å². The molecule has 2 rings (SSSR count). The van der Waals surface area contributed by atoms with E-state index in [1.165, 1.54) is 0 Å². The molecule has 6 nitrogen and oxygen atoms in total. The molecule has 0 heterocycles. The first-order valence-corrected chi connectivity index (χ1v) is 7.98. The number of urea groups is 1. The molecule has 134 valence electrons. The topological polar surface area (TPSA) is 68.8 Å². The number of amides is 2. The van der Waals surface area contributed by atoms with E-state index in [9.17, 15) is 4.79 Å². The van der Waals surface area contributed by atoms with Gasteiger partial charge in [-0.05, 0) is 48.7 Å². The van der Waals surface area contributed by atoms with Crippen LogP contribution >= 0.6 is 0 Å². The summed E-state index contributed by atoms with van der Waals surface area (Å²) in [6.07, 6.45) is 0.634. The molecule has 0 saturated heterocycles. The van der Waals surface area contributed by atoms with E-state index in [0.29, 0.717) is 24.5 Å². The van der Waals surface area contributed by atoms with E-state index in [1.54, 1.807) is 21.3 Å². The Balaban J connectivity index is 1.91. The summed E-state index contributed by atoms with van der Waals surface area (Å²) in [5, 5.41) is 5.68. The molecule has 0 fully saturated rings. The number of ether oxygens (including phenoxy) is 3. The van der Waals surface area contributed by atoms with Crippen LogP contribution in [0.3, 0.4) is 0 Å². The zero-order valence-corrected chi connectivity index (χ0v) is 15.0. The Labute approximate surface area is 148 Å². The third-order valence-electron chi connectivity index (χ3n) is 3.85. The van der Waals surface area contributed by atoms with Gasteiger partial charge in [-0.2, -0.15) is 0 Å². The molecule has 0 unspecified atom stereocenters. The summed E-state index contributed by atoms with van der Waals surface area (Å²) in [7, 11) is 4.82. The van der Waals surface area contributed by atoms with E-state index in [1.807, 2.05) is 43.3 Å². The van der Waals surface area contributed by atoms with Crippen LogP contribution in [0, 0.1) is 6.92 Å². The van der Waals surface area contributed by atoms with Gasteiger partial charge in [-0.3, -0.25) is 0 Å². The molecular weight excluding hydrogens is 320 g/mol. The zero-order valence-electron chi connectivity index (χ0n) is 15.0. The number of carbonyl (C=O) groups is 1. The van der Waals surface area contributed by atoms with Crippen LogP contribution in [0.4, 0.5) is 10.5 Å². The molecule has 0 radical (unpaired) electrons. The number of rotatable bonds is 7. The lowest BCUT2D eigenvalue weighted by Crippen LogP contribution is -2.30. The van der Waals surface area contributed by atoms with Crippen LogP contribution in [0.2, 0.25) is 0 Å². The molecule has 0 aliphatic rings. The number of hydrogen-bond acceptors (Lipinski definition) is 4. The van der Waals surface area contributed by atoms with Gasteiger partial charge in [0, 0.05) is 12.2 Å². The Morgan fingerprint density at radius 2 is 1.84 bits per heavy atom. The fourth-order valence-electron chi connectivity index (χ4n) is 2.53. The van der Waals surface area contributed by atoms with Crippen LogP contribution < -0.4 is 24.8 Å². The molecule has 2 aromatic carbocycles. The van der Waals surface area contributed by atoms with E-state index >= 15 is 0 Å². The van der Waals surface area contributed by atoms with Gasteiger partial charge in [0.2, 0.25) is 0 Å². The Hall–Kier alpha value is -2.89. The van der Waals surface area contributed by atoms with Crippen LogP contribution in [-0.4, -0.2) is 33.9 Å². The molecule has 0 aromatic heterocycles. The maximum absolute atomic E-state index is 12.1. The maximum Gasteiger partial charge on any atom is 0.319 e. The Bertz CT molecular complexity index is 731. The second-order valence-electron chi connectivity index (χ2n) is 5.46. The van der Waals surface area contributed by atoms with Crippen molar-refractivity contribution in [3.05, 3.63) is 47.5 Å². The fourth-order valence-corrected chi connectivity index (χ4v) is 2.53. The van der Waals surface area contributed by atoms with Gasteiger partial charge in [0.1, 0.15) is 5.75 Å². The molecule has 0 saturated carbocycles. The zero-order chi connectivity index (χ0) is 18.2. The van der Waals surface area contributed by atoms with Gasteiger partial charge in [-0.25, -0.2) is 4.79 Å². The van der Waals surface area contributed by atoms with E-state index in [-0.39, 0.29) is 6.03 Å². The third-order valence-corrected chi connectivity index (χ3v) is 3.85. The molecule has 6 heteroatoms. The lowest BCUT2D eigenvalue weighted by atomic mass is 10.1. The summed E-state index contributed by atoms with van der Waals surface area (Å²) in [6.45, 7) is 2.39. The van der Waals surface area contributed by atoms with Crippen LogP contribution in [-0.2, 0) is 6.42 Å². The summed E-state index contributed by atoms with van der Waals surface area (Å²) >= 11 is 0. The first kappa shape index (κ1) is 18.4. The highest BCUT2D eigenvalue weighted by Crippen LogP contribution is 2.30. The Morgan fingerprint density at radius 3 is 2.48 bits per heavy atom. The molecule has 2 amide bonds. The molecule has 25 heavy (non-hydrogen) atoms. The smallest absolute Gasteiger partial charge is 0.319 e. The summed E-state index contributed by atoms with van der Waals surface area (Å²) in [5.74, 6) is 2.13. The van der Waals surface area contributed by atoms with Crippen LogP contribution in [0.25, 0.3) is 0 Å². The van der Waals surface area contributed by atoms with Gasteiger partial charge in [0.25, 0.3) is 0 Å². The van der Waals surface area contributed by atoms with Gasteiger partial charge < -0.3 is 24.8 Å². The number of carbonyl (C=O) groups excluding carboxylic acids is 1. The number of aryl methyl sites for hydroxylation is 1. The van der Waals surface area contributed by atoms with Crippen LogP contribution in [0.1, 0.15) is 11.1 Å². The SMILES string of the molecule is COc1ccc(NC(=O)NCCc2cccc(OC)c2OC)c(C)c1. The summed E-state index contributed by atoms with van der Waals surface area (Å²) in [6, 6.07) is 10.9. The van der Waals surface area contributed by atoms with Crippen molar-refractivity contribution in [1.82, 2.24) is 5.32 Å². The second-order valence-corrected chi connectivity index (χ2v) is 5.46. The minimum atomic E-state index is -0.255. The molecule has 0 atom stereocenters. The van der Waals surface area contributed by atoms with Crippen molar-refractivity contribution in [2.45, 2.75) is 13.3 Å². The van der Waals surface area contributed by atoms with Crippen molar-refractivity contribution >= 4 is 11.7 Å². The Kier molecular flexibility index (Phi) is 6.51. The largest absolute Gasteiger partial charge is 0.497 e. The summed E-state index contributed by atoms with van der Waals surface area (Å²) in [5.41, 5.74) is 2.66. The van der Waals surface area contributed by atoms with Crippen molar-refractivity contribution in [2.24, 2.45) is 0 Å². The minimum Gasteiger partial charge on any atom is -0.497 e. The summed E-state index contributed by atoms with van der Waals surface area (Å²) in [4.78, 5) is 12.1. The fraction of sp³-hybridized carbons (Fsp3) is 0.316. The predicted octanol–water partition coefficient (Wildman–Crippen LogP) is 3.39. The molecule has 0 spiro atoms. The average Bonchev–Trinajstić information content (AvgIpc) is 2.63. The highest BCUT2D eigenvalue weighted by atomic mass is 16.5. The van der Waals surface area contributed by atoms with Crippen molar-refractivity contribution in [3.63, 3.8) is 0 Å². The van der Waals surface area contributed by atoms with Crippen LogP contribution in [0.5, 0.6) is 17.2 Å². The number of anilines is 1. The monoisotopic (exact) mass is 344 g/mol. The molecule has 2 aromatic rings. The average molecular weight is 344 g/mol. The number of para-hydroxylation sites is 1. The Morgan fingerprint density at radius 1 is 1.04 bits per heavy atom. The number of hydrogen-bond donors (Lipinski definition) is 2. The predicted molar refractivity (Wildman–Crippen MR) is 98.0 cm³/mol. The van der Waals surface area contributed by atoms with Gasteiger partial charge in [-0.15, -0.1) is 0 Å². The van der Waals surface area contributed by atoms with E-state index in [4.69, 9.17) is 14.2 Å². The number of nitrogens with one attached hydrogen (secondary N) is 2. The van der Waals surface area contributed by atoms with E-state index < -0.39 is 0 Å². The first-order chi connectivity index (χ1) is 12.1. The normalized spacial score (nSPS) is 10.1. The highest BCUT2D eigenvalue weighted by molar-refractivity contribution is 5.90. The second kappa shape index (κ2) is 8.82. The quantitative estimate of drug-likeness (QED) is 0.808. The number of benzene rings is 2. The first-order valence-electron chi connectivity index (χ1n) is 7.98. The van der Waals surface area contributed by atoms with Crippen molar-refractivity contribution in [1.29, 1.82) is 0 Å². The molecule has 0 aliphatic carbocycles.